The molecule has 29 heavy (non-hydrogen) atoms. The van der Waals surface area contributed by atoms with Crippen molar-refractivity contribution in [1.82, 2.24) is 4.98 Å². The summed E-state index contributed by atoms with van der Waals surface area (Å²) >= 11 is 0. The van der Waals surface area contributed by atoms with Gasteiger partial charge in [-0.05, 0) is 43.3 Å². The van der Waals surface area contributed by atoms with E-state index in [4.69, 9.17) is 9.15 Å². The van der Waals surface area contributed by atoms with Gasteiger partial charge in [-0.25, -0.2) is 4.79 Å². The standard InChI is InChI=1S/C21H20N2O6/c1-2-28-21(27)13-6-8-14(9-7-13)23-18(16-5-3-4-10-22-16)20-19(26)17(25)11-15(12-24)29-20/h3-11,18,23-24,26H,2,12H2,1H3/t18-/m0/s1. The van der Waals surface area contributed by atoms with Gasteiger partial charge in [0.2, 0.25) is 11.2 Å². The molecule has 0 unspecified atom stereocenters. The summed E-state index contributed by atoms with van der Waals surface area (Å²) < 4.78 is 10.5. The maximum absolute atomic E-state index is 12.1. The van der Waals surface area contributed by atoms with Crippen molar-refractivity contribution in [3.8, 4) is 5.75 Å². The maximum Gasteiger partial charge on any atom is 0.338 e. The Labute approximate surface area is 166 Å². The van der Waals surface area contributed by atoms with Crippen LogP contribution in [0.2, 0.25) is 0 Å². The van der Waals surface area contributed by atoms with E-state index in [0.717, 1.165) is 6.07 Å². The molecule has 2 aromatic heterocycles. The summed E-state index contributed by atoms with van der Waals surface area (Å²) in [5, 5.41) is 22.8. The molecule has 0 fully saturated rings. The minimum absolute atomic E-state index is 0.0168. The van der Waals surface area contributed by atoms with Crippen molar-refractivity contribution >= 4 is 11.7 Å². The van der Waals surface area contributed by atoms with Gasteiger partial charge in [0.1, 0.15) is 18.4 Å². The van der Waals surface area contributed by atoms with Crippen molar-refractivity contribution in [2.75, 3.05) is 11.9 Å². The van der Waals surface area contributed by atoms with E-state index in [2.05, 4.69) is 10.3 Å². The van der Waals surface area contributed by atoms with Crippen LogP contribution in [-0.4, -0.2) is 27.8 Å². The highest BCUT2D eigenvalue weighted by molar-refractivity contribution is 5.89. The number of pyridine rings is 1. The predicted molar refractivity (Wildman–Crippen MR) is 105 cm³/mol. The van der Waals surface area contributed by atoms with Gasteiger partial charge in [0.15, 0.2) is 5.76 Å². The van der Waals surface area contributed by atoms with Crippen molar-refractivity contribution in [1.29, 1.82) is 0 Å². The second-order valence-electron chi connectivity index (χ2n) is 6.08. The molecular weight excluding hydrogens is 376 g/mol. The van der Waals surface area contributed by atoms with Crippen LogP contribution in [0.25, 0.3) is 0 Å². The molecule has 8 heteroatoms. The van der Waals surface area contributed by atoms with E-state index in [1.807, 2.05) is 0 Å². The summed E-state index contributed by atoms with van der Waals surface area (Å²) in [6, 6.07) is 11.9. The summed E-state index contributed by atoms with van der Waals surface area (Å²) in [5.41, 5.74) is 0.791. The van der Waals surface area contributed by atoms with E-state index in [9.17, 15) is 19.8 Å². The molecule has 150 valence electrons. The second kappa shape index (κ2) is 9.03. The number of aliphatic hydroxyl groups is 1. The van der Waals surface area contributed by atoms with Crippen LogP contribution in [0.5, 0.6) is 5.75 Å². The monoisotopic (exact) mass is 396 g/mol. The molecule has 0 amide bonds. The number of nitrogens with one attached hydrogen (secondary N) is 1. The van der Waals surface area contributed by atoms with E-state index >= 15 is 0 Å². The molecule has 2 heterocycles. The summed E-state index contributed by atoms with van der Waals surface area (Å²) in [6.45, 7) is 1.51. The Balaban J connectivity index is 1.99. The predicted octanol–water partition coefficient (Wildman–Crippen LogP) is 2.61. The number of esters is 1. The van der Waals surface area contributed by atoms with Crippen LogP contribution in [0.15, 0.2) is 63.9 Å². The van der Waals surface area contributed by atoms with Gasteiger partial charge >= 0.3 is 5.97 Å². The number of hydrogen-bond acceptors (Lipinski definition) is 8. The Morgan fingerprint density at radius 1 is 1.24 bits per heavy atom. The van der Waals surface area contributed by atoms with Gasteiger partial charge < -0.3 is 24.7 Å². The van der Waals surface area contributed by atoms with E-state index in [1.54, 1.807) is 55.6 Å². The van der Waals surface area contributed by atoms with Crippen LogP contribution in [-0.2, 0) is 11.3 Å². The molecule has 0 radical (unpaired) electrons. The van der Waals surface area contributed by atoms with Crippen LogP contribution >= 0.6 is 0 Å². The quantitative estimate of drug-likeness (QED) is 0.521. The van der Waals surface area contributed by atoms with Crippen LogP contribution in [0.3, 0.4) is 0 Å². The smallest absolute Gasteiger partial charge is 0.338 e. The SMILES string of the molecule is CCOC(=O)c1ccc(N[C@@H](c2ccccn2)c2oc(CO)cc(=O)c2O)cc1. The lowest BCUT2D eigenvalue weighted by molar-refractivity contribution is 0.0526. The zero-order valence-corrected chi connectivity index (χ0v) is 15.7. The first-order valence-electron chi connectivity index (χ1n) is 8.95. The number of nitrogens with zero attached hydrogens (tertiary/aromatic N) is 1. The minimum atomic E-state index is -0.816. The minimum Gasteiger partial charge on any atom is -0.502 e. The number of aromatic nitrogens is 1. The van der Waals surface area contributed by atoms with Crippen molar-refractivity contribution in [2.24, 2.45) is 0 Å². The number of aromatic hydroxyl groups is 1. The fourth-order valence-corrected chi connectivity index (χ4v) is 2.73. The Kier molecular flexibility index (Phi) is 6.25. The molecule has 0 saturated carbocycles. The zero-order valence-electron chi connectivity index (χ0n) is 15.7. The highest BCUT2D eigenvalue weighted by atomic mass is 16.5. The highest BCUT2D eigenvalue weighted by Crippen LogP contribution is 2.30. The van der Waals surface area contributed by atoms with Gasteiger partial charge in [-0.15, -0.1) is 0 Å². The van der Waals surface area contributed by atoms with Gasteiger partial charge in [0.05, 0.1) is 17.9 Å². The summed E-state index contributed by atoms with van der Waals surface area (Å²) in [6.07, 6.45) is 1.57. The molecule has 3 rings (SSSR count). The molecule has 0 saturated heterocycles. The third-order valence-corrected chi connectivity index (χ3v) is 4.11. The number of rotatable bonds is 7. The molecule has 0 bridgehead atoms. The zero-order chi connectivity index (χ0) is 20.8. The molecule has 1 atom stereocenters. The van der Waals surface area contributed by atoms with E-state index in [0.29, 0.717) is 16.9 Å². The van der Waals surface area contributed by atoms with E-state index in [-0.39, 0.29) is 18.1 Å². The third kappa shape index (κ3) is 4.61. The van der Waals surface area contributed by atoms with Crippen molar-refractivity contribution < 1.29 is 24.2 Å². The lowest BCUT2D eigenvalue weighted by Gasteiger charge is -2.20. The van der Waals surface area contributed by atoms with Crippen LogP contribution in [0.4, 0.5) is 5.69 Å². The van der Waals surface area contributed by atoms with E-state index in [1.165, 1.54) is 0 Å². The number of hydrogen-bond donors (Lipinski definition) is 3. The van der Waals surface area contributed by atoms with Gasteiger partial charge in [-0.3, -0.25) is 9.78 Å². The Morgan fingerprint density at radius 3 is 2.62 bits per heavy atom. The second-order valence-corrected chi connectivity index (χ2v) is 6.08. The Bertz CT molecular complexity index is 1030. The lowest BCUT2D eigenvalue weighted by Crippen LogP contribution is -2.17. The molecule has 0 aliphatic carbocycles. The fraction of sp³-hybridized carbons (Fsp3) is 0.190. The topological polar surface area (TPSA) is 122 Å². The molecule has 0 spiro atoms. The average molecular weight is 396 g/mol. The number of ether oxygens (including phenoxy) is 1. The maximum atomic E-state index is 12.1. The van der Waals surface area contributed by atoms with Crippen molar-refractivity contribution in [3.05, 3.63) is 87.7 Å². The number of aliphatic hydroxyl groups excluding tert-OH is 1. The van der Waals surface area contributed by atoms with Crippen LogP contribution in [0, 0.1) is 0 Å². The molecule has 0 aliphatic heterocycles. The van der Waals surface area contributed by atoms with E-state index < -0.39 is 29.8 Å². The number of anilines is 1. The Hall–Kier alpha value is -3.65. The lowest BCUT2D eigenvalue weighted by atomic mass is 10.1. The van der Waals surface area contributed by atoms with Gasteiger partial charge in [0.25, 0.3) is 0 Å². The molecule has 3 N–H and O–H groups in total. The highest BCUT2D eigenvalue weighted by Gasteiger charge is 2.24. The summed E-state index contributed by atoms with van der Waals surface area (Å²) in [7, 11) is 0. The average Bonchev–Trinajstić information content (AvgIpc) is 2.75. The molecule has 8 nitrogen and oxygen atoms in total. The molecular formula is C21H20N2O6. The normalized spacial score (nSPS) is 11.7. The Morgan fingerprint density at radius 2 is 2.00 bits per heavy atom. The van der Waals surface area contributed by atoms with Crippen molar-refractivity contribution in [2.45, 2.75) is 19.6 Å². The number of benzene rings is 1. The molecule has 1 aromatic carbocycles. The molecule has 3 aromatic rings. The third-order valence-electron chi connectivity index (χ3n) is 4.11. The van der Waals surface area contributed by atoms with Gasteiger partial charge in [0, 0.05) is 18.0 Å². The molecule has 0 aliphatic rings. The fourth-order valence-electron chi connectivity index (χ4n) is 2.73. The van der Waals surface area contributed by atoms with Gasteiger partial charge in [-0.2, -0.15) is 0 Å². The van der Waals surface area contributed by atoms with Gasteiger partial charge in [-0.1, -0.05) is 6.07 Å². The first-order valence-corrected chi connectivity index (χ1v) is 8.95. The largest absolute Gasteiger partial charge is 0.502 e. The number of carbonyl (C=O) groups is 1. The van der Waals surface area contributed by atoms with Crippen LogP contribution < -0.4 is 10.7 Å². The van der Waals surface area contributed by atoms with Crippen LogP contribution in [0.1, 0.15) is 40.5 Å². The number of carbonyl (C=O) groups excluding carboxylic acids is 1. The first-order chi connectivity index (χ1) is 14.0. The summed E-state index contributed by atoms with van der Waals surface area (Å²) in [5.74, 6) is -1.06. The summed E-state index contributed by atoms with van der Waals surface area (Å²) in [4.78, 5) is 28.2. The van der Waals surface area contributed by atoms with Crippen molar-refractivity contribution in [3.63, 3.8) is 0 Å². The first kappa shape index (κ1) is 20.1.